The molecule has 13 heavy (non-hydrogen) atoms. The van der Waals surface area contributed by atoms with Crippen molar-refractivity contribution in [1.82, 2.24) is 0 Å². The van der Waals surface area contributed by atoms with Crippen LogP contribution in [0.5, 0.6) is 5.75 Å². The summed E-state index contributed by atoms with van der Waals surface area (Å²) >= 11 is 3.41. The first-order valence-corrected chi connectivity index (χ1v) is 5.01. The topological polar surface area (TPSA) is 18.5 Å². The average Bonchev–Trinajstić information content (AvgIpc) is 2.49. The van der Waals surface area contributed by atoms with Gasteiger partial charge in [-0.2, -0.15) is 0 Å². The van der Waals surface area contributed by atoms with E-state index in [1.165, 1.54) is 5.56 Å². The van der Waals surface area contributed by atoms with Crippen LogP contribution in [0.2, 0.25) is 0 Å². The highest BCUT2D eigenvalue weighted by Crippen LogP contribution is 2.35. The van der Waals surface area contributed by atoms with E-state index in [2.05, 4.69) is 22.0 Å². The number of hydrogen-bond acceptors (Lipinski definition) is 2. The Labute approximate surface area is 86.0 Å². The number of ether oxygens (including phenoxy) is 2. The molecule has 1 aromatic rings. The predicted molar refractivity (Wildman–Crippen MR) is 54.3 cm³/mol. The van der Waals surface area contributed by atoms with Gasteiger partial charge in [0.1, 0.15) is 5.75 Å². The largest absolute Gasteiger partial charge is 0.493 e. The summed E-state index contributed by atoms with van der Waals surface area (Å²) in [5.41, 5.74) is 1.25. The van der Waals surface area contributed by atoms with Crippen molar-refractivity contribution in [2.24, 2.45) is 0 Å². The van der Waals surface area contributed by atoms with Gasteiger partial charge in [-0.3, -0.25) is 0 Å². The van der Waals surface area contributed by atoms with Gasteiger partial charge < -0.3 is 9.47 Å². The highest BCUT2D eigenvalue weighted by atomic mass is 79.9. The van der Waals surface area contributed by atoms with Crippen LogP contribution < -0.4 is 4.74 Å². The Balaban J connectivity index is 2.27. The summed E-state index contributed by atoms with van der Waals surface area (Å²) in [6.07, 6.45) is 0. The number of hydrogen-bond donors (Lipinski definition) is 0. The quantitative estimate of drug-likeness (QED) is 0.794. The van der Waals surface area contributed by atoms with Crippen LogP contribution in [0.25, 0.3) is 0 Å². The Kier molecular flexibility index (Phi) is 2.56. The first kappa shape index (κ1) is 9.03. The molecule has 0 radical (unpaired) electrons. The van der Waals surface area contributed by atoms with Crippen molar-refractivity contribution < 1.29 is 9.47 Å². The summed E-state index contributed by atoms with van der Waals surface area (Å²) < 4.78 is 11.7. The van der Waals surface area contributed by atoms with E-state index in [0.717, 1.165) is 23.4 Å². The minimum Gasteiger partial charge on any atom is -0.493 e. The molecular weight excluding hydrogens is 232 g/mol. The van der Waals surface area contributed by atoms with E-state index in [1.54, 1.807) is 7.11 Å². The van der Waals surface area contributed by atoms with Crippen LogP contribution in [-0.4, -0.2) is 20.3 Å². The highest BCUT2D eigenvalue weighted by molar-refractivity contribution is 9.10. The van der Waals surface area contributed by atoms with Crippen molar-refractivity contribution in [3.05, 3.63) is 28.2 Å². The molecule has 0 bridgehead atoms. The molecular formula is C10H11BrO2. The Morgan fingerprint density at radius 3 is 3.23 bits per heavy atom. The fourth-order valence-electron chi connectivity index (χ4n) is 1.59. The summed E-state index contributed by atoms with van der Waals surface area (Å²) in [5.74, 6) is 1.38. The lowest BCUT2D eigenvalue weighted by Gasteiger charge is -2.05. The van der Waals surface area contributed by atoms with E-state index in [-0.39, 0.29) is 0 Å². The molecule has 1 atom stereocenters. The first-order chi connectivity index (χ1) is 6.31. The maximum atomic E-state index is 5.53. The zero-order valence-corrected chi connectivity index (χ0v) is 9.00. The summed E-state index contributed by atoms with van der Waals surface area (Å²) in [6.45, 7) is 1.47. The van der Waals surface area contributed by atoms with Crippen molar-refractivity contribution in [1.29, 1.82) is 0 Å². The number of halogens is 1. The molecule has 0 amide bonds. The van der Waals surface area contributed by atoms with Crippen LogP contribution in [0, 0.1) is 0 Å². The second-order valence-corrected chi connectivity index (χ2v) is 4.06. The van der Waals surface area contributed by atoms with Crippen LogP contribution >= 0.6 is 15.9 Å². The first-order valence-electron chi connectivity index (χ1n) is 4.22. The molecule has 0 spiro atoms. The molecule has 0 N–H and O–H groups in total. The maximum Gasteiger partial charge on any atom is 0.124 e. The number of fused-ring (bicyclic) bond motifs is 1. The molecule has 1 aromatic carbocycles. The molecule has 1 heterocycles. The minimum absolute atomic E-state index is 0.396. The summed E-state index contributed by atoms with van der Waals surface area (Å²) in [5, 5.41) is 0. The number of benzene rings is 1. The van der Waals surface area contributed by atoms with Crippen molar-refractivity contribution in [3.63, 3.8) is 0 Å². The van der Waals surface area contributed by atoms with Gasteiger partial charge in [-0.15, -0.1) is 0 Å². The fourth-order valence-corrected chi connectivity index (χ4v) is 1.93. The molecule has 0 aliphatic carbocycles. The van der Waals surface area contributed by atoms with Crippen LogP contribution in [-0.2, 0) is 4.74 Å². The van der Waals surface area contributed by atoms with Gasteiger partial charge >= 0.3 is 0 Å². The van der Waals surface area contributed by atoms with Crippen molar-refractivity contribution >= 4 is 15.9 Å². The molecule has 2 rings (SSSR count). The van der Waals surface area contributed by atoms with Crippen LogP contribution in [0.3, 0.4) is 0 Å². The van der Waals surface area contributed by atoms with E-state index in [9.17, 15) is 0 Å². The Hall–Kier alpha value is -0.540. The second kappa shape index (κ2) is 3.68. The van der Waals surface area contributed by atoms with Gasteiger partial charge in [0.2, 0.25) is 0 Å². The molecule has 0 saturated carbocycles. The lowest BCUT2D eigenvalue weighted by Crippen LogP contribution is -2.07. The maximum absolute atomic E-state index is 5.53. The van der Waals surface area contributed by atoms with Gasteiger partial charge in [-0.1, -0.05) is 22.0 Å². The molecule has 0 aromatic heterocycles. The van der Waals surface area contributed by atoms with E-state index in [4.69, 9.17) is 9.47 Å². The summed E-state index contributed by atoms with van der Waals surface area (Å²) in [4.78, 5) is 0. The highest BCUT2D eigenvalue weighted by Gasteiger charge is 2.23. The number of methoxy groups -OCH3 is 1. The normalized spacial score (nSPS) is 19.7. The third kappa shape index (κ3) is 1.71. The fraction of sp³-hybridized carbons (Fsp3) is 0.400. The molecule has 2 nitrogen and oxygen atoms in total. The SMILES string of the molecule is COCC1COc2cc(Br)ccc21. The summed E-state index contributed by atoms with van der Waals surface area (Å²) in [6, 6.07) is 6.14. The van der Waals surface area contributed by atoms with Gasteiger partial charge in [0.15, 0.2) is 0 Å². The summed E-state index contributed by atoms with van der Waals surface area (Å²) in [7, 11) is 1.72. The standard InChI is InChI=1S/C10H11BrO2/c1-12-5-7-6-13-10-4-8(11)2-3-9(7)10/h2-4,7H,5-6H2,1H3. The minimum atomic E-state index is 0.396. The Morgan fingerprint density at radius 2 is 2.46 bits per heavy atom. The van der Waals surface area contributed by atoms with Gasteiger partial charge in [0.05, 0.1) is 13.2 Å². The molecule has 1 aliphatic heterocycles. The zero-order valence-electron chi connectivity index (χ0n) is 7.42. The van der Waals surface area contributed by atoms with Crippen LogP contribution in [0.1, 0.15) is 11.5 Å². The van der Waals surface area contributed by atoms with Gasteiger partial charge in [-0.25, -0.2) is 0 Å². The van der Waals surface area contributed by atoms with Crippen LogP contribution in [0.4, 0.5) is 0 Å². The van der Waals surface area contributed by atoms with Crippen molar-refractivity contribution in [3.8, 4) is 5.75 Å². The molecule has 1 aliphatic rings. The molecule has 0 fully saturated rings. The van der Waals surface area contributed by atoms with E-state index < -0.39 is 0 Å². The lowest BCUT2D eigenvalue weighted by molar-refractivity contribution is 0.166. The van der Waals surface area contributed by atoms with E-state index >= 15 is 0 Å². The smallest absolute Gasteiger partial charge is 0.124 e. The third-order valence-corrected chi connectivity index (χ3v) is 2.72. The molecule has 70 valence electrons. The van der Waals surface area contributed by atoms with Crippen molar-refractivity contribution in [2.75, 3.05) is 20.3 Å². The van der Waals surface area contributed by atoms with E-state index in [1.807, 2.05) is 12.1 Å². The monoisotopic (exact) mass is 242 g/mol. The Morgan fingerprint density at radius 1 is 1.62 bits per heavy atom. The third-order valence-electron chi connectivity index (χ3n) is 2.22. The van der Waals surface area contributed by atoms with Gasteiger partial charge in [0.25, 0.3) is 0 Å². The lowest BCUT2D eigenvalue weighted by atomic mass is 10.0. The van der Waals surface area contributed by atoms with Crippen LogP contribution in [0.15, 0.2) is 22.7 Å². The van der Waals surface area contributed by atoms with Crippen molar-refractivity contribution in [2.45, 2.75) is 5.92 Å². The Bertz CT molecular complexity index is 312. The molecule has 0 saturated heterocycles. The number of rotatable bonds is 2. The van der Waals surface area contributed by atoms with Gasteiger partial charge in [0, 0.05) is 23.1 Å². The average molecular weight is 243 g/mol. The molecule has 1 unspecified atom stereocenters. The zero-order chi connectivity index (χ0) is 9.26. The predicted octanol–water partition coefficient (Wildman–Crippen LogP) is 2.57. The molecule has 3 heteroatoms. The second-order valence-electron chi connectivity index (χ2n) is 3.15. The van der Waals surface area contributed by atoms with Gasteiger partial charge in [-0.05, 0) is 12.1 Å². The van der Waals surface area contributed by atoms with E-state index in [0.29, 0.717) is 5.92 Å².